The fourth-order valence-electron chi connectivity index (χ4n) is 2.22. The number of aliphatic imine (C=N–C) groups is 2. The Balaban J connectivity index is 2.43. The number of nitrogens with two attached hydrogens (primary N) is 3. The fraction of sp³-hybridized carbons (Fsp3) is 0.333. The van der Waals surface area contributed by atoms with Gasteiger partial charge in [-0.05, 0) is 48.9 Å². The molecule has 0 aliphatic heterocycles. The van der Waals surface area contributed by atoms with Gasteiger partial charge in [-0.2, -0.15) is 4.99 Å². The zero-order valence-corrected chi connectivity index (χ0v) is 9.90. The molecule has 90 valence electrons. The second kappa shape index (κ2) is 4.45. The lowest BCUT2D eigenvalue weighted by molar-refractivity contribution is 0.911. The van der Waals surface area contributed by atoms with E-state index in [0.717, 1.165) is 18.5 Å². The summed E-state index contributed by atoms with van der Waals surface area (Å²) in [7, 11) is 0. The molecule has 0 bridgehead atoms. The van der Waals surface area contributed by atoms with Gasteiger partial charge in [0, 0.05) is 0 Å². The first kappa shape index (κ1) is 11.4. The predicted molar refractivity (Wildman–Crippen MR) is 70.3 cm³/mol. The van der Waals surface area contributed by atoms with Crippen LogP contribution in [0.25, 0.3) is 0 Å². The molecule has 1 aromatic rings. The van der Waals surface area contributed by atoms with Crippen LogP contribution in [-0.4, -0.2) is 11.9 Å². The third kappa shape index (κ3) is 2.55. The normalized spacial score (nSPS) is 14.5. The van der Waals surface area contributed by atoms with Crippen molar-refractivity contribution in [2.75, 3.05) is 0 Å². The first-order valence-corrected chi connectivity index (χ1v) is 5.62. The van der Waals surface area contributed by atoms with Crippen molar-refractivity contribution >= 4 is 17.6 Å². The zero-order chi connectivity index (χ0) is 12.4. The molecule has 0 heterocycles. The Morgan fingerprint density at radius 3 is 2.65 bits per heavy atom. The summed E-state index contributed by atoms with van der Waals surface area (Å²) < 4.78 is 0. The first-order chi connectivity index (χ1) is 8.06. The molecule has 0 radical (unpaired) electrons. The summed E-state index contributed by atoms with van der Waals surface area (Å²) in [5.74, 6) is 0.0280. The summed E-state index contributed by atoms with van der Waals surface area (Å²) >= 11 is 0. The summed E-state index contributed by atoms with van der Waals surface area (Å²) in [5.41, 5.74) is 20.9. The largest absolute Gasteiger partial charge is 0.370 e. The number of rotatable bonds is 1. The lowest BCUT2D eigenvalue weighted by Crippen LogP contribution is -2.26. The minimum atomic E-state index is -0.0736. The molecule has 5 nitrogen and oxygen atoms in total. The van der Waals surface area contributed by atoms with Crippen molar-refractivity contribution in [1.29, 1.82) is 0 Å². The van der Waals surface area contributed by atoms with Crippen LogP contribution in [0.15, 0.2) is 22.1 Å². The molecule has 17 heavy (non-hydrogen) atoms. The van der Waals surface area contributed by atoms with Crippen LogP contribution in [0.5, 0.6) is 0 Å². The maximum Gasteiger partial charge on any atom is 0.223 e. The van der Waals surface area contributed by atoms with Gasteiger partial charge in [0.15, 0.2) is 5.96 Å². The summed E-state index contributed by atoms with van der Waals surface area (Å²) in [6.45, 7) is 2.05. The van der Waals surface area contributed by atoms with Crippen molar-refractivity contribution in [2.24, 2.45) is 27.2 Å². The van der Waals surface area contributed by atoms with Crippen LogP contribution in [0, 0.1) is 6.92 Å². The molecular formula is C12H17N5. The minimum Gasteiger partial charge on any atom is -0.370 e. The smallest absolute Gasteiger partial charge is 0.223 e. The Labute approximate surface area is 100 Å². The lowest BCUT2D eigenvalue weighted by atomic mass is 10.1. The van der Waals surface area contributed by atoms with Crippen LogP contribution in [0.2, 0.25) is 0 Å². The molecule has 0 spiro atoms. The predicted octanol–water partition coefficient (Wildman–Crippen LogP) is 0.703. The molecule has 1 aromatic carbocycles. The van der Waals surface area contributed by atoms with Crippen LogP contribution in [-0.2, 0) is 12.8 Å². The van der Waals surface area contributed by atoms with E-state index in [1.807, 2.05) is 13.0 Å². The molecule has 0 amide bonds. The van der Waals surface area contributed by atoms with Gasteiger partial charge in [-0.1, -0.05) is 6.07 Å². The Morgan fingerprint density at radius 1 is 1.18 bits per heavy atom. The van der Waals surface area contributed by atoms with Gasteiger partial charge in [0.25, 0.3) is 0 Å². The molecule has 0 saturated heterocycles. The van der Waals surface area contributed by atoms with Crippen molar-refractivity contribution in [1.82, 2.24) is 0 Å². The first-order valence-electron chi connectivity index (χ1n) is 5.62. The van der Waals surface area contributed by atoms with Crippen molar-refractivity contribution in [3.05, 3.63) is 28.8 Å². The van der Waals surface area contributed by atoms with E-state index in [2.05, 4.69) is 16.1 Å². The zero-order valence-electron chi connectivity index (χ0n) is 9.90. The van der Waals surface area contributed by atoms with Crippen LogP contribution in [0.4, 0.5) is 5.69 Å². The van der Waals surface area contributed by atoms with Crippen LogP contribution >= 0.6 is 0 Å². The van der Waals surface area contributed by atoms with Gasteiger partial charge in [-0.25, -0.2) is 4.99 Å². The Bertz CT molecular complexity index is 498. The van der Waals surface area contributed by atoms with E-state index in [1.165, 1.54) is 23.1 Å². The van der Waals surface area contributed by atoms with Gasteiger partial charge in [0.05, 0.1) is 5.69 Å². The maximum atomic E-state index is 5.65. The van der Waals surface area contributed by atoms with Crippen molar-refractivity contribution in [2.45, 2.75) is 26.2 Å². The van der Waals surface area contributed by atoms with Gasteiger partial charge in [-0.15, -0.1) is 0 Å². The Hall–Kier alpha value is -2.04. The monoisotopic (exact) mass is 231 g/mol. The van der Waals surface area contributed by atoms with Gasteiger partial charge in [0.1, 0.15) is 0 Å². The number of benzene rings is 1. The number of fused-ring (bicyclic) bond motifs is 1. The molecule has 5 heteroatoms. The van der Waals surface area contributed by atoms with Gasteiger partial charge in [-0.3, -0.25) is 0 Å². The van der Waals surface area contributed by atoms with E-state index >= 15 is 0 Å². The molecule has 0 saturated carbocycles. The highest BCUT2D eigenvalue weighted by atomic mass is 15.1. The third-order valence-electron chi connectivity index (χ3n) is 2.81. The number of hydrogen-bond donors (Lipinski definition) is 3. The van der Waals surface area contributed by atoms with Crippen molar-refractivity contribution in [3.8, 4) is 0 Å². The van der Waals surface area contributed by atoms with E-state index in [-0.39, 0.29) is 11.9 Å². The molecular weight excluding hydrogens is 214 g/mol. The summed E-state index contributed by atoms with van der Waals surface area (Å²) in [6, 6.07) is 4.22. The van der Waals surface area contributed by atoms with E-state index in [0.29, 0.717) is 0 Å². The standard InChI is InChI=1S/C12H17N5/c1-7-5-8-3-2-4-9(8)10(6-7)16-12(15)17-11(13)14/h5-6H,2-4H2,1H3,(H6,13,14,15,16,17). The second-order valence-electron chi connectivity index (χ2n) is 4.28. The second-order valence-corrected chi connectivity index (χ2v) is 4.28. The Kier molecular flexibility index (Phi) is 2.99. The number of hydrogen-bond acceptors (Lipinski definition) is 1. The molecule has 0 fully saturated rings. The molecule has 6 N–H and O–H groups in total. The summed E-state index contributed by atoms with van der Waals surface area (Å²) in [5, 5.41) is 0. The minimum absolute atomic E-state index is 0.0736. The molecule has 0 atom stereocenters. The van der Waals surface area contributed by atoms with Gasteiger partial charge < -0.3 is 17.2 Å². The number of aryl methyl sites for hydroxylation is 2. The molecule has 0 aromatic heterocycles. The molecule has 0 unspecified atom stereocenters. The average Bonchev–Trinajstić information content (AvgIpc) is 2.63. The number of nitrogens with zero attached hydrogens (tertiary/aromatic N) is 2. The number of guanidine groups is 2. The van der Waals surface area contributed by atoms with Crippen LogP contribution < -0.4 is 17.2 Å². The van der Waals surface area contributed by atoms with E-state index < -0.39 is 0 Å². The highest BCUT2D eigenvalue weighted by molar-refractivity contribution is 5.93. The summed E-state index contributed by atoms with van der Waals surface area (Å²) in [6.07, 6.45) is 3.33. The average molecular weight is 231 g/mol. The van der Waals surface area contributed by atoms with E-state index in [1.54, 1.807) is 0 Å². The highest BCUT2D eigenvalue weighted by Gasteiger charge is 2.15. The van der Waals surface area contributed by atoms with Gasteiger partial charge >= 0.3 is 0 Å². The van der Waals surface area contributed by atoms with Crippen molar-refractivity contribution in [3.63, 3.8) is 0 Å². The SMILES string of the molecule is Cc1cc2c(c(N=C(N)N=C(N)N)c1)CCC2. The molecule has 2 rings (SSSR count). The third-order valence-corrected chi connectivity index (χ3v) is 2.81. The molecule has 1 aliphatic rings. The van der Waals surface area contributed by atoms with Crippen LogP contribution in [0.1, 0.15) is 23.1 Å². The topological polar surface area (TPSA) is 103 Å². The quantitative estimate of drug-likeness (QED) is 0.489. The highest BCUT2D eigenvalue weighted by Crippen LogP contribution is 2.32. The lowest BCUT2D eigenvalue weighted by Gasteiger charge is -2.06. The maximum absolute atomic E-state index is 5.65. The van der Waals surface area contributed by atoms with Crippen molar-refractivity contribution < 1.29 is 0 Å². The summed E-state index contributed by atoms with van der Waals surface area (Å²) in [4.78, 5) is 8.01. The van der Waals surface area contributed by atoms with E-state index in [9.17, 15) is 0 Å². The fourth-order valence-corrected chi connectivity index (χ4v) is 2.22. The molecule has 1 aliphatic carbocycles. The Morgan fingerprint density at radius 2 is 1.94 bits per heavy atom. The van der Waals surface area contributed by atoms with Gasteiger partial charge in [0.2, 0.25) is 5.96 Å². The van der Waals surface area contributed by atoms with Crippen LogP contribution in [0.3, 0.4) is 0 Å². The van der Waals surface area contributed by atoms with E-state index in [4.69, 9.17) is 17.2 Å².